The minimum Gasteiger partial charge on any atom is -0.380 e. The van der Waals surface area contributed by atoms with Gasteiger partial charge in [0.25, 0.3) is 5.91 Å². The lowest BCUT2D eigenvalue weighted by Crippen LogP contribution is -2.20. The molecule has 3 rings (SSSR count). The molecule has 0 fully saturated rings. The summed E-state index contributed by atoms with van der Waals surface area (Å²) in [6.07, 6.45) is 0.0910. The smallest absolute Gasteiger partial charge is 0.252 e. The molecule has 8 heteroatoms. The van der Waals surface area contributed by atoms with Crippen molar-refractivity contribution in [3.8, 4) is 0 Å². The van der Waals surface area contributed by atoms with Gasteiger partial charge >= 0.3 is 0 Å². The lowest BCUT2D eigenvalue weighted by molar-refractivity contribution is -0.117. The minimum atomic E-state index is -0.690. The van der Waals surface area contributed by atoms with Crippen molar-refractivity contribution < 1.29 is 18.3 Å². The number of nitrogens with zero attached hydrogens (tertiary/aromatic N) is 2. The van der Waals surface area contributed by atoms with E-state index in [9.17, 15) is 13.6 Å². The molecule has 27 heavy (non-hydrogen) atoms. The van der Waals surface area contributed by atoms with Crippen LogP contribution in [0, 0.1) is 11.6 Å². The molecule has 0 saturated carbocycles. The zero-order valence-electron chi connectivity index (χ0n) is 14.5. The minimum absolute atomic E-state index is 0.0910. The van der Waals surface area contributed by atoms with E-state index in [-0.39, 0.29) is 17.8 Å². The van der Waals surface area contributed by atoms with Crippen molar-refractivity contribution in [2.24, 2.45) is 4.99 Å². The number of thiazole rings is 1. The Morgan fingerprint density at radius 2 is 2.00 bits per heavy atom. The summed E-state index contributed by atoms with van der Waals surface area (Å²) in [4.78, 5) is 16.8. The van der Waals surface area contributed by atoms with E-state index in [1.165, 1.54) is 6.07 Å². The lowest BCUT2D eigenvalue weighted by Gasteiger charge is -2.06. The Bertz CT molecular complexity index is 1030. The number of halogens is 3. The van der Waals surface area contributed by atoms with Gasteiger partial charge in [0.2, 0.25) is 0 Å². The molecule has 0 N–H and O–H groups in total. The molecule has 0 aliphatic carbocycles. The molecule has 4 nitrogen and oxygen atoms in total. The van der Waals surface area contributed by atoms with Crippen LogP contribution < -0.4 is 4.80 Å². The number of carbonyl (C=O) groups excluding carboxylic acids is 1. The summed E-state index contributed by atoms with van der Waals surface area (Å²) in [5.74, 6) is -1.74. The number of hydrogen-bond acceptors (Lipinski definition) is 3. The van der Waals surface area contributed by atoms with Gasteiger partial charge in [0.15, 0.2) is 10.6 Å². The molecular formula is C19H17ClF2N2O2S. The van der Waals surface area contributed by atoms with Gasteiger partial charge in [-0.3, -0.25) is 4.79 Å². The second-order valence-electron chi connectivity index (χ2n) is 5.78. The summed E-state index contributed by atoms with van der Waals surface area (Å²) in [6.45, 7) is 3.01. The summed E-state index contributed by atoms with van der Waals surface area (Å²) < 4.78 is 35.2. The highest BCUT2D eigenvalue weighted by Gasteiger charge is 2.14. The van der Waals surface area contributed by atoms with Crippen molar-refractivity contribution in [2.75, 3.05) is 13.2 Å². The van der Waals surface area contributed by atoms with E-state index in [4.69, 9.17) is 16.3 Å². The maximum Gasteiger partial charge on any atom is 0.252 e. The first-order valence-electron chi connectivity index (χ1n) is 8.36. The molecule has 0 unspecified atom stereocenters. The Hall–Kier alpha value is -2.09. The molecule has 0 aliphatic rings. The van der Waals surface area contributed by atoms with Gasteiger partial charge in [-0.05, 0) is 30.7 Å². The van der Waals surface area contributed by atoms with E-state index in [1.54, 1.807) is 28.8 Å². The number of ether oxygens (including phenoxy) is 1. The summed E-state index contributed by atoms with van der Waals surface area (Å²) in [6, 6.07) is 8.96. The zero-order chi connectivity index (χ0) is 19.4. The maximum absolute atomic E-state index is 14.3. The average molecular weight is 411 g/mol. The fourth-order valence-electron chi connectivity index (χ4n) is 2.65. The normalized spacial score (nSPS) is 12.1. The maximum atomic E-state index is 14.3. The van der Waals surface area contributed by atoms with Crippen LogP contribution in [0.4, 0.5) is 8.78 Å². The van der Waals surface area contributed by atoms with Crippen molar-refractivity contribution in [2.45, 2.75) is 19.9 Å². The van der Waals surface area contributed by atoms with E-state index in [0.29, 0.717) is 34.3 Å². The fraction of sp³-hybridized carbons (Fsp3) is 0.263. The Morgan fingerprint density at radius 3 is 2.70 bits per heavy atom. The van der Waals surface area contributed by atoms with Gasteiger partial charge in [-0.2, -0.15) is 4.99 Å². The molecule has 2 aromatic carbocycles. The van der Waals surface area contributed by atoms with Crippen molar-refractivity contribution >= 4 is 39.1 Å². The number of hydrogen-bond donors (Lipinski definition) is 0. The molecule has 3 aromatic rings. The molecule has 0 aliphatic heterocycles. The number of rotatable bonds is 6. The Kier molecular flexibility index (Phi) is 6.36. The highest BCUT2D eigenvalue weighted by molar-refractivity contribution is 7.16. The summed E-state index contributed by atoms with van der Waals surface area (Å²) >= 11 is 6.91. The van der Waals surface area contributed by atoms with Crippen LogP contribution in [0.5, 0.6) is 0 Å². The van der Waals surface area contributed by atoms with Gasteiger partial charge in [-0.15, -0.1) is 0 Å². The van der Waals surface area contributed by atoms with Crippen molar-refractivity contribution in [3.05, 3.63) is 63.4 Å². The predicted octanol–water partition coefficient (Wildman–Crippen LogP) is 4.34. The van der Waals surface area contributed by atoms with Crippen LogP contribution in [0.15, 0.2) is 41.4 Å². The van der Waals surface area contributed by atoms with Crippen molar-refractivity contribution in [1.29, 1.82) is 0 Å². The molecule has 0 bridgehead atoms. The summed E-state index contributed by atoms with van der Waals surface area (Å²) in [5, 5.41) is 0.582. The topological polar surface area (TPSA) is 43.6 Å². The van der Waals surface area contributed by atoms with E-state index in [0.717, 1.165) is 23.0 Å². The fourth-order valence-corrected chi connectivity index (χ4v) is 3.88. The van der Waals surface area contributed by atoms with E-state index in [1.807, 2.05) is 6.92 Å². The first-order chi connectivity index (χ1) is 13.0. The Morgan fingerprint density at radius 1 is 1.26 bits per heavy atom. The van der Waals surface area contributed by atoms with Gasteiger partial charge < -0.3 is 9.30 Å². The largest absolute Gasteiger partial charge is 0.380 e. The second-order valence-corrected chi connectivity index (χ2v) is 7.22. The van der Waals surface area contributed by atoms with Gasteiger partial charge in [0, 0.05) is 24.2 Å². The molecule has 1 aromatic heterocycles. The van der Waals surface area contributed by atoms with Crippen LogP contribution in [-0.2, 0) is 22.5 Å². The van der Waals surface area contributed by atoms with Crippen LogP contribution >= 0.6 is 22.9 Å². The molecule has 0 saturated heterocycles. The number of fused-ring (bicyclic) bond motifs is 1. The van der Waals surface area contributed by atoms with Crippen LogP contribution in [0.25, 0.3) is 10.2 Å². The van der Waals surface area contributed by atoms with E-state index < -0.39 is 11.6 Å². The lowest BCUT2D eigenvalue weighted by atomic mass is 10.1. The van der Waals surface area contributed by atoms with Crippen LogP contribution in [0.3, 0.4) is 0 Å². The highest BCUT2D eigenvalue weighted by Crippen LogP contribution is 2.22. The SMILES string of the molecule is CCOCCn1c(=NC(=O)Cc2ccc(Cl)cc2)sc2cc(F)cc(F)c21. The molecule has 0 atom stereocenters. The summed E-state index contributed by atoms with van der Waals surface area (Å²) in [7, 11) is 0. The average Bonchev–Trinajstić information content (AvgIpc) is 2.94. The van der Waals surface area contributed by atoms with Gasteiger partial charge in [-0.25, -0.2) is 8.78 Å². The molecule has 142 valence electrons. The van der Waals surface area contributed by atoms with Crippen LogP contribution in [0.1, 0.15) is 12.5 Å². The third kappa shape index (κ3) is 4.80. The van der Waals surface area contributed by atoms with E-state index in [2.05, 4.69) is 4.99 Å². The molecule has 1 heterocycles. The number of carbonyl (C=O) groups is 1. The van der Waals surface area contributed by atoms with Crippen LogP contribution in [0.2, 0.25) is 5.02 Å². The first kappa shape index (κ1) is 19.7. The molecular weight excluding hydrogens is 394 g/mol. The standard InChI is InChI=1S/C19H17ClF2N2O2S/c1-2-26-8-7-24-18-15(22)10-14(21)11-16(18)27-19(24)23-17(25)9-12-3-5-13(20)6-4-12/h3-6,10-11H,2,7-9H2,1H3. The molecule has 0 spiro atoms. The third-order valence-corrected chi connectivity index (χ3v) is 5.12. The third-order valence-electron chi connectivity index (χ3n) is 3.85. The van der Waals surface area contributed by atoms with Gasteiger partial charge in [0.05, 0.1) is 23.2 Å². The number of amides is 1. The highest BCUT2D eigenvalue weighted by atomic mass is 35.5. The summed E-state index contributed by atoms with van der Waals surface area (Å²) in [5.41, 5.74) is 0.992. The quantitative estimate of drug-likeness (QED) is 0.567. The van der Waals surface area contributed by atoms with E-state index >= 15 is 0 Å². The monoisotopic (exact) mass is 410 g/mol. The number of aromatic nitrogens is 1. The molecule has 1 amide bonds. The molecule has 0 radical (unpaired) electrons. The Balaban J connectivity index is 1.99. The zero-order valence-corrected chi connectivity index (χ0v) is 16.1. The second kappa shape index (κ2) is 8.73. The predicted molar refractivity (Wildman–Crippen MR) is 102 cm³/mol. The van der Waals surface area contributed by atoms with Gasteiger partial charge in [0.1, 0.15) is 5.82 Å². The van der Waals surface area contributed by atoms with Crippen molar-refractivity contribution in [3.63, 3.8) is 0 Å². The van der Waals surface area contributed by atoms with Gasteiger partial charge in [-0.1, -0.05) is 35.1 Å². The Labute approximate surface area is 163 Å². The van der Waals surface area contributed by atoms with Crippen molar-refractivity contribution in [1.82, 2.24) is 4.57 Å². The van der Waals surface area contributed by atoms with Crippen LogP contribution in [-0.4, -0.2) is 23.7 Å². The first-order valence-corrected chi connectivity index (χ1v) is 9.55. The number of benzene rings is 2.